The Morgan fingerprint density at radius 1 is 1.11 bits per heavy atom. The Hall–Kier alpha value is -2.90. The Bertz CT molecular complexity index is 903. The Morgan fingerprint density at radius 3 is 2.36 bits per heavy atom. The van der Waals surface area contributed by atoms with E-state index in [1.165, 1.54) is 23.1 Å². The van der Waals surface area contributed by atoms with Gasteiger partial charge >= 0.3 is 6.18 Å². The first kappa shape index (κ1) is 19.9. The third-order valence-electron chi connectivity index (χ3n) is 4.99. The van der Waals surface area contributed by atoms with Crippen LogP contribution in [0.2, 0.25) is 0 Å². The van der Waals surface area contributed by atoms with Crippen LogP contribution in [-0.2, 0) is 11.0 Å². The lowest BCUT2D eigenvalue weighted by atomic mass is 9.86. The van der Waals surface area contributed by atoms with Crippen LogP contribution in [0.25, 0.3) is 0 Å². The molecule has 1 fully saturated rings. The number of benzene rings is 2. The predicted octanol–water partition coefficient (Wildman–Crippen LogP) is 4.20. The van der Waals surface area contributed by atoms with E-state index < -0.39 is 23.5 Å². The Balaban J connectivity index is 1.71. The minimum atomic E-state index is -4.42. The summed E-state index contributed by atoms with van der Waals surface area (Å²) in [6, 6.07) is 8.92. The van der Waals surface area contributed by atoms with Crippen LogP contribution in [0.4, 0.5) is 23.2 Å². The van der Waals surface area contributed by atoms with E-state index in [0.717, 1.165) is 18.2 Å². The Morgan fingerprint density at radius 2 is 1.75 bits per heavy atom. The van der Waals surface area contributed by atoms with E-state index in [2.05, 4.69) is 0 Å². The average molecular weight is 393 g/mol. The number of nitrogen functional groups attached to an aromatic ring is 1. The maximum Gasteiger partial charge on any atom is 0.416 e. The second-order valence-electron chi connectivity index (χ2n) is 6.76. The van der Waals surface area contributed by atoms with Gasteiger partial charge in [-0.25, -0.2) is 4.39 Å². The number of piperidine rings is 1. The van der Waals surface area contributed by atoms with Gasteiger partial charge in [0.2, 0.25) is 0 Å². The van der Waals surface area contributed by atoms with Gasteiger partial charge in [0.1, 0.15) is 11.5 Å². The van der Waals surface area contributed by atoms with Crippen LogP contribution in [0.5, 0.6) is 0 Å². The predicted molar refractivity (Wildman–Crippen MR) is 97.6 cm³/mol. The summed E-state index contributed by atoms with van der Waals surface area (Å²) in [4.78, 5) is 14.0. The van der Waals surface area contributed by atoms with Crippen LogP contribution in [-0.4, -0.2) is 29.6 Å². The van der Waals surface area contributed by atoms with Crippen molar-refractivity contribution in [1.82, 2.24) is 4.90 Å². The van der Waals surface area contributed by atoms with E-state index in [1.807, 2.05) is 0 Å². The fourth-order valence-electron chi connectivity index (χ4n) is 3.54. The van der Waals surface area contributed by atoms with Gasteiger partial charge in [0.05, 0.1) is 5.56 Å². The number of alkyl halides is 3. The van der Waals surface area contributed by atoms with Crippen LogP contribution in [0.1, 0.15) is 35.4 Å². The standard InChI is InChI=1S/C20H19F4N3O/c21-13-5-6-15(17(25)11-13)18(26)19(28)27-9-7-12(8-10-27)14-3-1-2-4-16(14)20(22,23)24/h1-6,11-12,26H,7-10,25H2. The maximum atomic E-state index is 13.2. The van der Waals surface area contributed by atoms with Gasteiger partial charge < -0.3 is 10.6 Å². The minimum Gasteiger partial charge on any atom is -0.398 e. The number of carbonyl (C=O) groups excluding carboxylic acids is 1. The lowest BCUT2D eigenvalue weighted by Crippen LogP contribution is -2.42. The largest absolute Gasteiger partial charge is 0.416 e. The number of carbonyl (C=O) groups is 1. The topological polar surface area (TPSA) is 70.2 Å². The summed E-state index contributed by atoms with van der Waals surface area (Å²) < 4.78 is 52.9. The Labute approximate surface area is 159 Å². The number of rotatable bonds is 3. The fraction of sp³-hybridized carbons (Fsp3) is 0.300. The summed E-state index contributed by atoms with van der Waals surface area (Å²) in [7, 11) is 0. The minimum absolute atomic E-state index is 0.00709. The molecule has 3 N–H and O–H groups in total. The number of amides is 1. The molecular formula is C20H19F4N3O. The lowest BCUT2D eigenvalue weighted by molar-refractivity contribution is -0.138. The first-order valence-corrected chi connectivity index (χ1v) is 8.78. The normalized spacial score (nSPS) is 15.5. The quantitative estimate of drug-likeness (QED) is 0.466. The molecule has 28 heavy (non-hydrogen) atoms. The van der Waals surface area contributed by atoms with Crippen molar-refractivity contribution in [3.05, 3.63) is 65.0 Å². The summed E-state index contributed by atoms with van der Waals surface area (Å²) in [6.45, 7) is 0.471. The van der Waals surface area contributed by atoms with Crippen LogP contribution in [0.15, 0.2) is 42.5 Å². The molecular weight excluding hydrogens is 374 g/mol. The van der Waals surface area contributed by atoms with Crippen molar-refractivity contribution >= 4 is 17.3 Å². The van der Waals surface area contributed by atoms with Gasteiger partial charge in [0, 0.05) is 24.3 Å². The molecule has 2 aromatic carbocycles. The number of halogens is 4. The summed E-state index contributed by atoms with van der Waals surface area (Å²) >= 11 is 0. The molecule has 0 spiro atoms. The van der Waals surface area contributed by atoms with Crippen LogP contribution >= 0.6 is 0 Å². The molecule has 1 amide bonds. The number of nitrogens with zero attached hydrogens (tertiary/aromatic N) is 1. The highest BCUT2D eigenvalue weighted by molar-refractivity contribution is 6.45. The van der Waals surface area contributed by atoms with Crippen molar-refractivity contribution in [2.45, 2.75) is 24.9 Å². The summed E-state index contributed by atoms with van der Waals surface area (Å²) in [5.41, 5.74) is 5.05. The monoisotopic (exact) mass is 393 g/mol. The summed E-state index contributed by atoms with van der Waals surface area (Å²) in [5.74, 6) is -1.45. The molecule has 1 aliphatic rings. The molecule has 0 aromatic heterocycles. The molecule has 1 saturated heterocycles. The number of nitrogens with two attached hydrogens (primary N) is 1. The molecule has 0 aliphatic carbocycles. The third-order valence-corrected chi connectivity index (χ3v) is 4.99. The number of likely N-dealkylation sites (tertiary alicyclic amines) is 1. The summed E-state index contributed by atoms with van der Waals surface area (Å²) in [6.07, 6.45) is -3.69. The second kappa shape index (κ2) is 7.61. The van der Waals surface area contributed by atoms with Crippen molar-refractivity contribution < 1.29 is 22.4 Å². The van der Waals surface area contributed by atoms with E-state index >= 15 is 0 Å². The van der Waals surface area contributed by atoms with Crippen molar-refractivity contribution in [2.75, 3.05) is 18.8 Å². The molecule has 0 atom stereocenters. The van der Waals surface area contributed by atoms with Gasteiger partial charge in [0.25, 0.3) is 5.91 Å². The molecule has 1 heterocycles. The van der Waals surface area contributed by atoms with E-state index in [-0.39, 0.29) is 41.5 Å². The molecule has 4 nitrogen and oxygen atoms in total. The number of anilines is 1. The van der Waals surface area contributed by atoms with Crippen LogP contribution < -0.4 is 5.73 Å². The highest BCUT2D eigenvalue weighted by Gasteiger charge is 2.36. The first-order valence-electron chi connectivity index (χ1n) is 8.78. The zero-order valence-corrected chi connectivity index (χ0v) is 14.9. The van der Waals surface area contributed by atoms with Gasteiger partial charge in [-0.05, 0) is 48.6 Å². The van der Waals surface area contributed by atoms with Gasteiger partial charge in [-0.15, -0.1) is 0 Å². The smallest absolute Gasteiger partial charge is 0.398 e. The molecule has 0 bridgehead atoms. The van der Waals surface area contributed by atoms with Crippen LogP contribution in [0.3, 0.4) is 0 Å². The molecule has 1 aliphatic heterocycles. The van der Waals surface area contributed by atoms with Gasteiger partial charge in [0.15, 0.2) is 0 Å². The molecule has 0 unspecified atom stereocenters. The molecule has 0 saturated carbocycles. The third kappa shape index (κ3) is 4.00. The SMILES string of the molecule is N=C(C(=O)N1CCC(c2ccccc2C(F)(F)F)CC1)c1ccc(F)cc1N. The Kier molecular flexibility index (Phi) is 5.40. The maximum absolute atomic E-state index is 13.2. The first-order chi connectivity index (χ1) is 13.2. The van der Waals surface area contributed by atoms with E-state index in [4.69, 9.17) is 11.1 Å². The van der Waals surface area contributed by atoms with Crippen molar-refractivity contribution in [3.8, 4) is 0 Å². The van der Waals surface area contributed by atoms with Gasteiger partial charge in [-0.1, -0.05) is 18.2 Å². The van der Waals surface area contributed by atoms with Crippen LogP contribution in [0, 0.1) is 11.2 Å². The number of hydrogen-bond acceptors (Lipinski definition) is 3. The van der Waals surface area contributed by atoms with Crippen molar-refractivity contribution in [2.24, 2.45) is 0 Å². The van der Waals surface area contributed by atoms with Gasteiger partial charge in [-0.3, -0.25) is 10.2 Å². The summed E-state index contributed by atoms with van der Waals surface area (Å²) in [5, 5.41) is 8.07. The highest BCUT2D eigenvalue weighted by atomic mass is 19.4. The second-order valence-corrected chi connectivity index (χ2v) is 6.76. The number of hydrogen-bond donors (Lipinski definition) is 2. The van der Waals surface area contributed by atoms with Gasteiger partial charge in [-0.2, -0.15) is 13.2 Å². The molecule has 8 heteroatoms. The molecule has 2 aromatic rings. The van der Waals surface area contributed by atoms with E-state index in [9.17, 15) is 22.4 Å². The van der Waals surface area contributed by atoms with Crippen molar-refractivity contribution in [1.29, 1.82) is 5.41 Å². The zero-order valence-electron chi connectivity index (χ0n) is 14.9. The zero-order chi connectivity index (χ0) is 20.5. The van der Waals surface area contributed by atoms with Crippen molar-refractivity contribution in [3.63, 3.8) is 0 Å². The number of nitrogens with one attached hydrogen (secondary N) is 1. The molecule has 148 valence electrons. The molecule has 3 rings (SSSR count). The van der Waals surface area contributed by atoms with E-state index in [1.54, 1.807) is 6.07 Å². The molecule has 0 radical (unpaired) electrons. The van der Waals surface area contributed by atoms with E-state index in [0.29, 0.717) is 12.8 Å². The lowest BCUT2D eigenvalue weighted by Gasteiger charge is -2.33. The highest BCUT2D eigenvalue weighted by Crippen LogP contribution is 2.38. The fourth-order valence-corrected chi connectivity index (χ4v) is 3.54. The average Bonchev–Trinajstić information content (AvgIpc) is 2.66.